The molecule has 10 nitrogen and oxygen atoms in total. The molecule has 2 aliphatic heterocycles. The number of carbonyl (C=O) groups excluding carboxylic acids is 2. The number of fused-ring (bicyclic) bond motifs is 2. The van der Waals surface area contributed by atoms with Crippen LogP contribution in [0, 0.1) is 24.4 Å². The highest BCUT2D eigenvalue weighted by Crippen LogP contribution is 2.46. The number of carbonyl (C=O) groups is 2. The number of aromatic hydroxyl groups is 1. The van der Waals surface area contributed by atoms with Crippen LogP contribution in [0.2, 0.25) is 0 Å². The molecule has 0 radical (unpaired) electrons. The van der Waals surface area contributed by atoms with E-state index in [-0.39, 0.29) is 41.4 Å². The van der Waals surface area contributed by atoms with E-state index in [1.54, 1.807) is 31.0 Å². The number of anilines is 2. The quantitative estimate of drug-likeness (QED) is 0.328. The number of phenols is 1. The molecule has 2 aliphatic rings. The lowest BCUT2D eigenvalue weighted by atomic mass is 9.98. The number of aromatic nitrogens is 3. The van der Waals surface area contributed by atoms with Crippen molar-refractivity contribution in [2.24, 2.45) is 0 Å². The molecule has 2 atom stereocenters. The molecule has 2 aromatic carbocycles. The molecule has 2 amide bonds. The Kier molecular flexibility index (Phi) is 7.37. The van der Waals surface area contributed by atoms with Crippen molar-refractivity contribution in [3.63, 3.8) is 0 Å². The summed E-state index contributed by atoms with van der Waals surface area (Å²) >= 11 is 0. The van der Waals surface area contributed by atoms with Gasteiger partial charge in [0.1, 0.15) is 17.6 Å². The van der Waals surface area contributed by atoms with Crippen LogP contribution in [-0.4, -0.2) is 68.6 Å². The molecular formula is C33H31F3N6O4. The van der Waals surface area contributed by atoms with Gasteiger partial charge in [-0.05, 0) is 55.7 Å². The topological polar surface area (TPSA) is 112 Å². The van der Waals surface area contributed by atoms with Crippen LogP contribution in [0.25, 0.3) is 27.7 Å². The van der Waals surface area contributed by atoms with E-state index < -0.39 is 63.9 Å². The molecule has 4 aromatic rings. The smallest absolute Gasteiger partial charge is 0.354 e. The van der Waals surface area contributed by atoms with E-state index in [0.717, 1.165) is 23.1 Å². The fourth-order valence-corrected chi connectivity index (χ4v) is 6.51. The standard InChI is InChI=1S/C33H31F3N6O4/c1-7-23(44)40-14-21-32(45)39(6)30-25-20(12-18(26(30)35)24-22(43)9-8-19(34)27(24)36)42(29-16(4)10-11-37-28(29)15(2)3)33(46)38-31(25)41(21)13-17(40)5/h7-12,15,17,21,43H,1,13-14H2,2-6H3. The molecule has 0 spiro atoms. The van der Waals surface area contributed by atoms with Crippen molar-refractivity contribution in [2.75, 3.05) is 29.9 Å². The predicted molar refractivity (Wildman–Crippen MR) is 167 cm³/mol. The molecule has 1 fully saturated rings. The van der Waals surface area contributed by atoms with E-state index in [9.17, 15) is 23.9 Å². The predicted octanol–water partition coefficient (Wildman–Crippen LogP) is 4.57. The van der Waals surface area contributed by atoms with Crippen LogP contribution in [0.4, 0.5) is 24.7 Å². The molecule has 6 rings (SSSR count). The van der Waals surface area contributed by atoms with Gasteiger partial charge in [-0.15, -0.1) is 0 Å². The number of piperazine rings is 1. The van der Waals surface area contributed by atoms with Crippen LogP contribution >= 0.6 is 0 Å². The fraction of sp³-hybridized carbons (Fsp3) is 0.303. The van der Waals surface area contributed by atoms with Crippen molar-refractivity contribution < 1.29 is 27.9 Å². The minimum atomic E-state index is -1.51. The number of rotatable bonds is 4. The zero-order chi connectivity index (χ0) is 33.4. The summed E-state index contributed by atoms with van der Waals surface area (Å²) in [4.78, 5) is 54.0. The largest absolute Gasteiger partial charge is 0.507 e. The maximum Gasteiger partial charge on any atom is 0.354 e. The zero-order valence-corrected chi connectivity index (χ0v) is 25.8. The van der Waals surface area contributed by atoms with Gasteiger partial charge in [0.2, 0.25) is 5.91 Å². The molecule has 0 bridgehead atoms. The Balaban J connectivity index is 1.80. The number of likely N-dealkylation sites (N-methyl/N-ethyl adjacent to an activating group) is 1. The van der Waals surface area contributed by atoms with E-state index in [4.69, 9.17) is 0 Å². The highest BCUT2D eigenvalue weighted by molar-refractivity contribution is 6.14. The first-order valence-corrected chi connectivity index (χ1v) is 14.7. The van der Waals surface area contributed by atoms with Crippen molar-refractivity contribution in [3.05, 3.63) is 82.3 Å². The third kappa shape index (κ3) is 4.44. The highest BCUT2D eigenvalue weighted by atomic mass is 19.2. The van der Waals surface area contributed by atoms with E-state index >= 15 is 8.78 Å². The van der Waals surface area contributed by atoms with Gasteiger partial charge in [-0.25, -0.2) is 18.0 Å². The molecule has 46 heavy (non-hydrogen) atoms. The van der Waals surface area contributed by atoms with Crippen LogP contribution in [0.5, 0.6) is 5.75 Å². The van der Waals surface area contributed by atoms with Crippen LogP contribution < -0.4 is 15.5 Å². The molecule has 4 heterocycles. The summed E-state index contributed by atoms with van der Waals surface area (Å²) in [5, 5.41) is 10.7. The van der Waals surface area contributed by atoms with Gasteiger partial charge in [0, 0.05) is 31.4 Å². The van der Waals surface area contributed by atoms with Crippen molar-refractivity contribution >= 4 is 34.2 Å². The SMILES string of the molecule is C=CC(=O)N1CC2C(=O)N(C)c3c(F)c(-c4c(O)ccc(F)c4F)cc4c3c(nc(=O)n4-c3c(C)ccnc3C(C)C)N2CC1C. The molecule has 1 saturated heterocycles. The molecule has 0 saturated carbocycles. The lowest BCUT2D eigenvalue weighted by Gasteiger charge is -2.44. The van der Waals surface area contributed by atoms with Crippen molar-refractivity contribution in [3.8, 4) is 22.6 Å². The normalized spacial score (nSPS) is 17.8. The number of pyridine rings is 1. The summed E-state index contributed by atoms with van der Waals surface area (Å²) in [7, 11) is 1.32. The zero-order valence-electron chi connectivity index (χ0n) is 25.8. The maximum absolute atomic E-state index is 16.9. The summed E-state index contributed by atoms with van der Waals surface area (Å²) in [6.45, 7) is 10.8. The minimum Gasteiger partial charge on any atom is -0.507 e. The summed E-state index contributed by atoms with van der Waals surface area (Å²) in [5.41, 5.74) is -0.961. The van der Waals surface area contributed by atoms with Crippen molar-refractivity contribution in [1.82, 2.24) is 19.4 Å². The van der Waals surface area contributed by atoms with E-state index in [1.165, 1.54) is 16.5 Å². The van der Waals surface area contributed by atoms with Gasteiger partial charge in [-0.3, -0.25) is 19.1 Å². The first-order chi connectivity index (χ1) is 21.8. The monoisotopic (exact) mass is 632 g/mol. The Bertz CT molecular complexity index is 2040. The Labute approximate surface area is 262 Å². The highest BCUT2D eigenvalue weighted by Gasteiger charge is 2.44. The van der Waals surface area contributed by atoms with Gasteiger partial charge >= 0.3 is 5.69 Å². The van der Waals surface area contributed by atoms with Gasteiger partial charge in [0.25, 0.3) is 5.91 Å². The number of phenolic OH excluding ortho intramolecular Hbond substituents is 1. The third-order valence-corrected chi connectivity index (χ3v) is 8.76. The average molecular weight is 633 g/mol. The molecular weight excluding hydrogens is 601 g/mol. The molecule has 2 aromatic heterocycles. The lowest BCUT2D eigenvalue weighted by Crippen LogP contribution is -2.63. The first kappa shape index (κ1) is 30.8. The number of benzene rings is 2. The molecule has 1 N–H and O–H groups in total. The summed E-state index contributed by atoms with van der Waals surface area (Å²) in [6, 6.07) is 2.93. The lowest BCUT2D eigenvalue weighted by molar-refractivity contribution is -0.130. The average Bonchev–Trinajstić information content (AvgIpc) is 3.10. The Hall–Kier alpha value is -5.20. The van der Waals surface area contributed by atoms with Gasteiger partial charge in [0.05, 0.1) is 40.1 Å². The Morgan fingerprint density at radius 1 is 1.11 bits per heavy atom. The minimum absolute atomic E-state index is 0.00599. The van der Waals surface area contributed by atoms with Gasteiger partial charge < -0.3 is 19.8 Å². The van der Waals surface area contributed by atoms with Crippen molar-refractivity contribution in [2.45, 2.75) is 45.7 Å². The van der Waals surface area contributed by atoms with Gasteiger partial charge in [-0.1, -0.05) is 20.4 Å². The number of hydrogen-bond donors (Lipinski definition) is 1. The fourth-order valence-electron chi connectivity index (χ4n) is 6.51. The second-order valence-electron chi connectivity index (χ2n) is 11.9. The number of halogens is 3. The van der Waals surface area contributed by atoms with E-state index in [1.807, 2.05) is 13.8 Å². The molecule has 2 unspecified atom stereocenters. The van der Waals surface area contributed by atoms with Gasteiger partial charge in [0.15, 0.2) is 17.5 Å². The Morgan fingerprint density at radius 3 is 2.50 bits per heavy atom. The number of nitrogens with zero attached hydrogens (tertiary/aromatic N) is 6. The number of amides is 2. The second kappa shape index (κ2) is 11.0. The van der Waals surface area contributed by atoms with Crippen LogP contribution in [0.3, 0.4) is 0 Å². The maximum atomic E-state index is 16.9. The summed E-state index contributed by atoms with van der Waals surface area (Å²) < 4.78 is 48.0. The van der Waals surface area contributed by atoms with Crippen molar-refractivity contribution in [1.29, 1.82) is 0 Å². The molecule has 238 valence electrons. The van der Waals surface area contributed by atoms with E-state index in [2.05, 4.69) is 16.5 Å². The van der Waals surface area contributed by atoms with Crippen LogP contribution in [0.15, 0.2) is 47.9 Å². The van der Waals surface area contributed by atoms with Gasteiger partial charge in [-0.2, -0.15) is 4.98 Å². The summed E-state index contributed by atoms with van der Waals surface area (Å²) in [5.74, 6) is -5.96. The second-order valence-corrected chi connectivity index (χ2v) is 11.9. The van der Waals surface area contributed by atoms with Crippen LogP contribution in [-0.2, 0) is 9.59 Å². The molecule has 0 aliphatic carbocycles. The Morgan fingerprint density at radius 2 is 1.83 bits per heavy atom. The molecule has 13 heteroatoms. The number of hydrogen-bond acceptors (Lipinski definition) is 7. The first-order valence-electron chi connectivity index (χ1n) is 14.7. The van der Waals surface area contributed by atoms with Crippen LogP contribution in [0.1, 0.15) is 37.9 Å². The van der Waals surface area contributed by atoms with E-state index in [0.29, 0.717) is 23.0 Å². The third-order valence-electron chi connectivity index (χ3n) is 8.76. The summed E-state index contributed by atoms with van der Waals surface area (Å²) in [6.07, 6.45) is 2.73. The number of aryl methyl sites for hydroxylation is 1.